The molecule has 2 aromatic rings. The summed E-state index contributed by atoms with van der Waals surface area (Å²) in [5.41, 5.74) is 7.59. The summed E-state index contributed by atoms with van der Waals surface area (Å²) in [6.45, 7) is 1.79. The molecule has 0 saturated heterocycles. The van der Waals surface area contributed by atoms with Crippen molar-refractivity contribution in [3.63, 3.8) is 0 Å². The number of rotatable bonds is 2. The normalized spacial score (nSPS) is 10.5. The number of hydrogen-bond acceptors (Lipinski definition) is 4. The van der Waals surface area contributed by atoms with E-state index in [9.17, 15) is 5.11 Å². The average Bonchev–Trinajstić information content (AvgIpc) is 2.71. The maximum Gasteiger partial charge on any atom is 0.166 e. The fourth-order valence-corrected chi connectivity index (χ4v) is 1.89. The lowest BCUT2D eigenvalue weighted by Gasteiger charge is -2.13. The van der Waals surface area contributed by atoms with Crippen LogP contribution in [-0.4, -0.2) is 22.4 Å². The quantitative estimate of drug-likeness (QED) is 0.767. The van der Waals surface area contributed by atoms with Crippen molar-refractivity contribution >= 4 is 17.4 Å². The molecule has 6 heteroatoms. The van der Waals surface area contributed by atoms with E-state index in [0.29, 0.717) is 27.7 Å². The summed E-state index contributed by atoms with van der Waals surface area (Å²) in [6.07, 6.45) is 1.53. The fraction of sp³-hybridized carbons (Fsp3) is 0.182. The second kappa shape index (κ2) is 4.18. The summed E-state index contributed by atoms with van der Waals surface area (Å²) in [5, 5.41) is 17.0. The molecule has 17 heavy (non-hydrogen) atoms. The number of nitrogens with two attached hydrogens (primary N) is 1. The molecule has 5 nitrogen and oxygen atoms in total. The van der Waals surface area contributed by atoms with Crippen LogP contribution >= 0.6 is 11.6 Å². The molecule has 1 aromatic heterocycles. The Balaban J connectivity index is 2.76. The van der Waals surface area contributed by atoms with Gasteiger partial charge in [0.25, 0.3) is 0 Å². The van der Waals surface area contributed by atoms with Crippen molar-refractivity contribution in [1.82, 2.24) is 10.2 Å². The highest BCUT2D eigenvalue weighted by Gasteiger charge is 2.19. The number of halogens is 1. The zero-order valence-electron chi connectivity index (χ0n) is 9.41. The zero-order chi connectivity index (χ0) is 12.6. The van der Waals surface area contributed by atoms with E-state index in [1.54, 1.807) is 13.0 Å². The average molecular weight is 254 g/mol. The molecule has 0 radical (unpaired) electrons. The van der Waals surface area contributed by atoms with Gasteiger partial charge >= 0.3 is 0 Å². The Hall–Kier alpha value is -1.88. The first-order chi connectivity index (χ1) is 8.06. The van der Waals surface area contributed by atoms with Crippen molar-refractivity contribution < 1.29 is 9.84 Å². The molecule has 90 valence electrons. The van der Waals surface area contributed by atoms with Crippen molar-refractivity contribution in [2.75, 3.05) is 12.8 Å². The number of hydrogen-bond donors (Lipinski definition) is 3. The number of phenols is 1. The molecule has 0 fully saturated rings. The number of aromatic amines is 1. The van der Waals surface area contributed by atoms with Gasteiger partial charge in [0.05, 0.1) is 13.3 Å². The molecule has 0 aliphatic rings. The first-order valence-electron chi connectivity index (χ1n) is 4.91. The molecule has 0 atom stereocenters. The molecular formula is C11H12ClN3O2. The summed E-state index contributed by atoms with van der Waals surface area (Å²) < 4.78 is 5.05. The molecule has 0 aliphatic carbocycles. The van der Waals surface area contributed by atoms with E-state index in [2.05, 4.69) is 10.2 Å². The Morgan fingerprint density at radius 1 is 1.53 bits per heavy atom. The third-order valence-electron chi connectivity index (χ3n) is 2.62. The number of ether oxygens (including phenoxy) is 1. The van der Waals surface area contributed by atoms with Crippen LogP contribution in [0.5, 0.6) is 11.5 Å². The van der Waals surface area contributed by atoms with Gasteiger partial charge < -0.3 is 15.6 Å². The van der Waals surface area contributed by atoms with Crippen LogP contribution in [0.25, 0.3) is 11.1 Å². The number of methoxy groups -OCH3 is 1. The van der Waals surface area contributed by atoms with E-state index in [1.807, 2.05) is 0 Å². The van der Waals surface area contributed by atoms with Gasteiger partial charge in [0.1, 0.15) is 5.82 Å². The van der Waals surface area contributed by atoms with Crippen molar-refractivity contribution in [3.8, 4) is 22.6 Å². The summed E-state index contributed by atoms with van der Waals surface area (Å²) >= 11 is 6.08. The highest BCUT2D eigenvalue weighted by molar-refractivity contribution is 6.32. The third-order valence-corrected chi connectivity index (χ3v) is 3.01. The van der Waals surface area contributed by atoms with E-state index in [4.69, 9.17) is 22.1 Å². The van der Waals surface area contributed by atoms with Gasteiger partial charge in [-0.3, -0.25) is 5.10 Å². The van der Waals surface area contributed by atoms with Crippen LogP contribution in [0.3, 0.4) is 0 Å². The lowest BCUT2D eigenvalue weighted by atomic mass is 10.0. The standard InChI is InChI=1S/C11H12ClN3O2/c1-5-7(12)3-8(17-2)10(16)9(5)6-4-14-15-11(6)13/h3-4,16H,1-2H3,(H3,13,14,15). The van der Waals surface area contributed by atoms with Crippen molar-refractivity contribution in [2.24, 2.45) is 0 Å². The van der Waals surface area contributed by atoms with Crippen LogP contribution in [0.15, 0.2) is 12.3 Å². The van der Waals surface area contributed by atoms with E-state index < -0.39 is 0 Å². The smallest absolute Gasteiger partial charge is 0.166 e. The third kappa shape index (κ3) is 1.78. The topological polar surface area (TPSA) is 84.2 Å². The molecule has 0 spiro atoms. The van der Waals surface area contributed by atoms with Crippen molar-refractivity contribution in [2.45, 2.75) is 6.92 Å². The van der Waals surface area contributed by atoms with Gasteiger partial charge in [-0.15, -0.1) is 0 Å². The molecule has 1 heterocycles. The van der Waals surface area contributed by atoms with Gasteiger partial charge in [-0.25, -0.2) is 0 Å². The predicted octanol–water partition coefficient (Wildman–Crippen LogP) is 2.33. The Morgan fingerprint density at radius 3 is 2.76 bits per heavy atom. The second-order valence-electron chi connectivity index (χ2n) is 3.61. The minimum atomic E-state index is 0.00231. The molecule has 0 amide bonds. The highest BCUT2D eigenvalue weighted by Crippen LogP contribution is 2.44. The van der Waals surface area contributed by atoms with E-state index in [1.165, 1.54) is 13.3 Å². The minimum absolute atomic E-state index is 0.00231. The number of anilines is 1. The van der Waals surface area contributed by atoms with Gasteiger partial charge in [0.15, 0.2) is 11.5 Å². The minimum Gasteiger partial charge on any atom is -0.504 e. The van der Waals surface area contributed by atoms with Crippen LogP contribution in [0.4, 0.5) is 5.82 Å². The maximum atomic E-state index is 10.1. The van der Waals surface area contributed by atoms with Crippen molar-refractivity contribution in [3.05, 3.63) is 22.8 Å². The van der Waals surface area contributed by atoms with Gasteiger partial charge in [0, 0.05) is 22.2 Å². The summed E-state index contributed by atoms with van der Waals surface area (Å²) in [5.74, 6) is 0.673. The summed E-state index contributed by atoms with van der Waals surface area (Å²) in [7, 11) is 1.46. The van der Waals surface area contributed by atoms with E-state index >= 15 is 0 Å². The number of benzene rings is 1. The molecule has 0 aliphatic heterocycles. The molecule has 1 aromatic carbocycles. The van der Waals surface area contributed by atoms with Crippen molar-refractivity contribution in [1.29, 1.82) is 0 Å². The predicted molar refractivity (Wildman–Crippen MR) is 66.4 cm³/mol. The first-order valence-corrected chi connectivity index (χ1v) is 5.29. The SMILES string of the molecule is COc1cc(Cl)c(C)c(-c2cn[nH]c2N)c1O. The Morgan fingerprint density at radius 2 is 2.24 bits per heavy atom. The second-order valence-corrected chi connectivity index (χ2v) is 4.01. The summed E-state index contributed by atoms with van der Waals surface area (Å²) in [4.78, 5) is 0. The lowest BCUT2D eigenvalue weighted by Crippen LogP contribution is -1.93. The largest absolute Gasteiger partial charge is 0.504 e. The van der Waals surface area contributed by atoms with Gasteiger partial charge in [-0.1, -0.05) is 11.6 Å². The van der Waals surface area contributed by atoms with E-state index in [-0.39, 0.29) is 5.75 Å². The van der Waals surface area contributed by atoms with Gasteiger partial charge in [0.2, 0.25) is 0 Å². The number of H-pyrrole nitrogens is 1. The van der Waals surface area contributed by atoms with Crippen LogP contribution in [0.2, 0.25) is 5.02 Å². The number of phenolic OH excluding ortho intramolecular Hbond substituents is 1. The van der Waals surface area contributed by atoms with Crippen LogP contribution < -0.4 is 10.5 Å². The van der Waals surface area contributed by atoms with Gasteiger partial charge in [-0.2, -0.15) is 5.10 Å². The zero-order valence-corrected chi connectivity index (χ0v) is 10.2. The Labute approximate surface area is 103 Å². The number of aromatic hydroxyl groups is 1. The lowest BCUT2D eigenvalue weighted by molar-refractivity contribution is 0.374. The van der Waals surface area contributed by atoms with Crippen LogP contribution in [-0.2, 0) is 0 Å². The number of nitrogens with zero attached hydrogens (tertiary/aromatic N) is 1. The monoisotopic (exact) mass is 253 g/mol. The van der Waals surface area contributed by atoms with Crippen LogP contribution in [0.1, 0.15) is 5.56 Å². The van der Waals surface area contributed by atoms with E-state index in [0.717, 1.165) is 5.56 Å². The van der Waals surface area contributed by atoms with Gasteiger partial charge in [-0.05, 0) is 12.5 Å². The molecule has 2 rings (SSSR count). The highest BCUT2D eigenvalue weighted by atomic mass is 35.5. The fourth-order valence-electron chi connectivity index (χ4n) is 1.69. The summed E-state index contributed by atoms with van der Waals surface area (Å²) in [6, 6.07) is 1.56. The van der Waals surface area contributed by atoms with Crippen LogP contribution in [0, 0.1) is 6.92 Å². The maximum absolute atomic E-state index is 10.1. The Bertz CT molecular complexity index is 566. The number of nitrogen functional groups attached to an aromatic ring is 1. The molecular weight excluding hydrogens is 242 g/mol. The molecule has 0 bridgehead atoms. The molecule has 4 N–H and O–H groups in total. The number of nitrogens with one attached hydrogen (secondary N) is 1. The first kappa shape index (κ1) is 11.6. The molecule has 0 saturated carbocycles. The Kier molecular flexibility index (Phi) is 2.85. The number of aromatic nitrogens is 2. The molecule has 0 unspecified atom stereocenters.